The smallest absolute Gasteiger partial charge is 0.264 e. The van der Waals surface area contributed by atoms with Crippen molar-refractivity contribution in [2.24, 2.45) is 0 Å². The zero-order valence-corrected chi connectivity index (χ0v) is 26.9. The van der Waals surface area contributed by atoms with E-state index >= 15 is 0 Å². The molecule has 1 N–H and O–H groups in total. The molecular weight excluding hydrogens is 626 g/mol. The minimum absolute atomic E-state index is 0.0662. The van der Waals surface area contributed by atoms with E-state index in [-0.39, 0.29) is 23.8 Å². The zero-order valence-electron chi connectivity index (χ0n) is 24.5. The Hall–Kier alpha value is -3.95. The van der Waals surface area contributed by atoms with Gasteiger partial charge in [-0.15, -0.1) is 0 Å². The molecule has 7 nitrogen and oxygen atoms in total. The van der Waals surface area contributed by atoms with Gasteiger partial charge in [0, 0.05) is 23.0 Å². The highest BCUT2D eigenvalue weighted by Gasteiger charge is 2.35. The number of amides is 2. The number of para-hydroxylation sites is 1. The van der Waals surface area contributed by atoms with E-state index in [1.165, 1.54) is 17.0 Å². The first-order valence-corrected chi connectivity index (χ1v) is 16.2. The molecule has 9 heteroatoms. The van der Waals surface area contributed by atoms with Gasteiger partial charge in [0.25, 0.3) is 10.0 Å². The van der Waals surface area contributed by atoms with Crippen molar-refractivity contribution < 1.29 is 18.0 Å². The topological polar surface area (TPSA) is 86.8 Å². The molecule has 0 aliphatic carbocycles. The van der Waals surface area contributed by atoms with Crippen molar-refractivity contribution in [3.63, 3.8) is 0 Å². The standard InChI is InChI=1S/C34H36BrN3O4S/c1-34(2,3)36-33(40)31(23-26-14-7-4-8-15-26)37(24-27-16-13-17-28(35)22-27)32(39)25-38(29-18-9-5-10-19-29)43(41,42)30-20-11-6-12-21-30/h4-22,31H,23-25H2,1-3H3,(H,36,40). The minimum Gasteiger partial charge on any atom is -0.350 e. The number of nitrogens with zero attached hydrogens (tertiary/aromatic N) is 2. The predicted molar refractivity (Wildman–Crippen MR) is 174 cm³/mol. The molecule has 0 spiro atoms. The van der Waals surface area contributed by atoms with Gasteiger partial charge in [0.05, 0.1) is 10.6 Å². The number of halogens is 1. The van der Waals surface area contributed by atoms with Gasteiger partial charge in [0.1, 0.15) is 12.6 Å². The lowest BCUT2D eigenvalue weighted by atomic mass is 10.0. The van der Waals surface area contributed by atoms with Crippen molar-refractivity contribution in [2.45, 2.75) is 50.2 Å². The van der Waals surface area contributed by atoms with Gasteiger partial charge >= 0.3 is 0 Å². The zero-order chi connectivity index (χ0) is 31.0. The van der Waals surface area contributed by atoms with Gasteiger partial charge in [-0.2, -0.15) is 0 Å². The lowest BCUT2D eigenvalue weighted by molar-refractivity contribution is -0.140. The van der Waals surface area contributed by atoms with E-state index in [0.29, 0.717) is 5.69 Å². The van der Waals surface area contributed by atoms with E-state index in [2.05, 4.69) is 21.2 Å². The molecule has 1 atom stereocenters. The van der Waals surface area contributed by atoms with Crippen LogP contribution in [-0.2, 0) is 32.6 Å². The number of hydrogen-bond acceptors (Lipinski definition) is 4. The Morgan fingerprint density at radius 1 is 0.791 bits per heavy atom. The number of carbonyl (C=O) groups excluding carboxylic acids is 2. The molecule has 0 bridgehead atoms. The summed E-state index contributed by atoms with van der Waals surface area (Å²) in [6.07, 6.45) is 0.249. The third-order valence-electron chi connectivity index (χ3n) is 6.67. The molecule has 0 aliphatic rings. The molecule has 0 heterocycles. The number of hydrogen-bond donors (Lipinski definition) is 1. The van der Waals surface area contributed by atoms with Crippen LogP contribution in [-0.4, -0.2) is 43.3 Å². The molecule has 0 saturated carbocycles. The minimum atomic E-state index is -4.12. The summed E-state index contributed by atoms with van der Waals surface area (Å²) >= 11 is 3.50. The second-order valence-electron chi connectivity index (χ2n) is 11.3. The number of sulfonamides is 1. The summed E-state index contributed by atoms with van der Waals surface area (Å²) in [5.41, 5.74) is 1.46. The Kier molecular flexibility index (Phi) is 10.4. The molecule has 0 fully saturated rings. The number of nitrogens with one attached hydrogen (secondary N) is 1. The fourth-order valence-electron chi connectivity index (χ4n) is 4.68. The van der Waals surface area contributed by atoms with E-state index in [1.54, 1.807) is 48.5 Å². The quantitative estimate of drug-likeness (QED) is 0.207. The van der Waals surface area contributed by atoms with Crippen LogP contribution in [0.4, 0.5) is 5.69 Å². The fourth-order valence-corrected chi connectivity index (χ4v) is 6.56. The lowest BCUT2D eigenvalue weighted by Crippen LogP contribution is -2.56. The van der Waals surface area contributed by atoms with Crippen LogP contribution in [0.3, 0.4) is 0 Å². The number of rotatable bonds is 11. The van der Waals surface area contributed by atoms with Crippen LogP contribution >= 0.6 is 15.9 Å². The molecule has 0 aliphatic heterocycles. The molecule has 4 aromatic rings. The predicted octanol–water partition coefficient (Wildman–Crippen LogP) is 6.20. The van der Waals surface area contributed by atoms with E-state index in [1.807, 2.05) is 75.4 Å². The first-order chi connectivity index (χ1) is 20.4. The van der Waals surface area contributed by atoms with Gasteiger partial charge in [-0.05, 0) is 68.3 Å². The maximum absolute atomic E-state index is 14.4. The van der Waals surface area contributed by atoms with Crippen molar-refractivity contribution >= 4 is 43.5 Å². The number of anilines is 1. The summed E-state index contributed by atoms with van der Waals surface area (Å²) in [6, 6.07) is 32.6. The molecule has 0 radical (unpaired) electrons. The summed E-state index contributed by atoms with van der Waals surface area (Å²) in [5, 5.41) is 3.04. The average molecular weight is 663 g/mol. The molecule has 224 valence electrons. The lowest BCUT2D eigenvalue weighted by Gasteiger charge is -2.35. The second kappa shape index (κ2) is 14.0. The largest absolute Gasteiger partial charge is 0.350 e. The van der Waals surface area contributed by atoms with Crippen LogP contribution in [0.5, 0.6) is 0 Å². The van der Waals surface area contributed by atoms with Gasteiger partial charge in [-0.3, -0.25) is 13.9 Å². The van der Waals surface area contributed by atoms with Crippen molar-refractivity contribution in [3.8, 4) is 0 Å². The van der Waals surface area contributed by atoms with Crippen molar-refractivity contribution in [1.82, 2.24) is 10.2 Å². The van der Waals surface area contributed by atoms with E-state index in [9.17, 15) is 18.0 Å². The average Bonchev–Trinajstić information content (AvgIpc) is 2.98. The highest BCUT2D eigenvalue weighted by Crippen LogP contribution is 2.25. The van der Waals surface area contributed by atoms with Gasteiger partial charge < -0.3 is 10.2 Å². The Labute approximate surface area is 262 Å². The second-order valence-corrected chi connectivity index (χ2v) is 14.0. The van der Waals surface area contributed by atoms with E-state index in [0.717, 1.165) is 19.9 Å². The molecule has 4 rings (SSSR count). The summed E-state index contributed by atoms with van der Waals surface area (Å²) in [4.78, 5) is 29.9. The monoisotopic (exact) mass is 661 g/mol. The highest BCUT2D eigenvalue weighted by atomic mass is 79.9. The normalized spacial score (nSPS) is 12.3. The third-order valence-corrected chi connectivity index (χ3v) is 8.95. The third kappa shape index (κ3) is 8.78. The maximum atomic E-state index is 14.4. The highest BCUT2D eigenvalue weighted by molar-refractivity contribution is 9.10. The fraction of sp³-hybridized carbons (Fsp3) is 0.235. The summed E-state index contributed by atoms with van der Waals surface area (Å²) in [5.74, 6) is -0.829. The Bertz CT molecular complexity index is 1630. The van der Waals surface area contributed by atoms with E-state index in [4.69, 9.17) is 0 Å². The summed E-state index contributed by atoms with van der Waals surface area (Å²) < 4.78 is 29.8. The molecule has 43 heavy (non-hydrogen) atoms. The van der Waals surface area contributed by atoms with Crippen LogP contribution in [0.15, 0.2) is 125 Å². The summed E-state index contributed by atoms with van der Waals surface area (Å²) in [6.45, 7) is 5.25. The summed E-state index contributed by atoms with van der Waals surface area (Å²) in [7, 11) is -4.12. The van der Waals surface area contributed by atoms with Crippen LogP contribution < -0.4 is 9.62 Å². The van der Waals surface area contributed by atoms with Gasteiger partial charge in [-0.25, -0.2) is 8.42 Å². The maximum Gasteiger partial charge on any atom is 0.264 e. The Balaban J connectivity index is 1.80. The van der Waals surface area contributed by atoms with Crippen LogP contribution in [0.1, 0.15) is 31.9 Å². The van der Waals surface area contributed by atoms with Crippen molar-refractivity contribution in [3.05, 3.63) is 131 Å². The van der Waals surface area contributed by atoms with E-state index < -0.39 is 34.1 Å². The van der Waals surface area contributed by atoms with Crippen molar-refractivity contribution in [2.75, 3.05) is 10.8 Å². The van der Waals surface area contributed by atoms with Crippen molar-refractivity contribution in [1.29, 1.82) is 0 Å². The molecule has 0 saturated heterocycles. The van der Waals surface area contributed by atoms with Crippen LogP contribution in [0.2, 0.25) is 0 Å². The molecule has 2 amide bonds. The number of carbonyl (C=O) groups is 2. The van der Waals surface area contributed by atoms with Gasteiger partial charge in [0.2, 0.25) is 11.8 Å². The molecule has 4 aromatic carbocycles. The van der Waals surface area contributed by atoms with Gasteiger partial charge in [-0.1, -0.05) is 94.8 Å². The van der Waals surface area contributed by atoms with Crippen LogP contribution in [0.25, 0.3) is 0 Å². The molecular formula is C34H36BrN3O4S. The first-order valence-electron chi connectivity index (χ1n) is 14.0. The Morgan fingerprint density at radius 3 is 1.93 bits per heavy atom. The Morgan fingerprint density at radius 2 is 1.35 bits per heavy atom. The van der Waals surface area contributed by atoms with Crippen LogP contribution in [0, 0.1) is 0 Å². The van der Waals surface area contributed by atoms with Gasteiger partial charge in [0.15, 0.2) is 0 Å². The first kappa shape index (κ1) is 32.0. The SMILES string of the molecule is CC(C)(C)NC(=O)C(Cc1ccccc1)N(Cc1cccc(Br)c1)C(=O)CN(c1ccccc1)S(=O)(=O)c1ccccc1. The molecule has 1 unspecified atom stereocenters. The molecule has 0 aromatic heterocycles. The number of benzene rings is 4.